The summed E-state index contributed by atoms with van der Waals surface area (Å²) in [6.07, 6.45) is 1.03. The highest BCUT2D eigenvalue weighted by atomic mass is 32.2. The summed E-state index contributed by atoms with van der Waals surface area (Å²) in [6, 6.07) is 25.5. The van der Waals surface area contributed by atoms with Crippen molar-refractivity contribution in [1.82, 2.24) is 10.2 Å². The highest BCUT2D eigenvalue weighted by molar-refractivity contribution is 7.92. The van der Waals surface area contributed by atoms with Crippen molar-refractivity contribution in [2.45, 2.75) is 11.3 Å². The molecule has 1 fully saturated rings. The van der Waals surface area contributed by atoms with Crippen LogP contribution in [0.5, 0.6) is 17.2 Å². The molecular weight excluding hydrogens is 592 g/mol. The number of carbonyl (C=O) groups excluding carboxylic acids is 2. The van der Waals surface area contributed by atoms with Crippen LogP contribution in [-0.2, 0) is 11.4 Å². The maximum atomic E-state index is 13.5. The minimum atomic E-state index is -1.65. The van der Waals surface area contributed by atoms with Crippen LogP contribution in [0.1, 0.15) is 27.1 Å². The first-order valence-corrected chi connectivity index (χ1v) is 15.7. The lowest BCUT2D eigenvalue weighted by Crippen LogP contribution is -2.41. The van der Waals surface area contributed by atoms with Crippen molar-refractivity contribution >= 4 is 34.6 Å². The largest absolute Gasteiger partial charge is 0.588 e. The van der Waals surface area contributed by atoms with E-state index in [0.29, 0.717) is 52.0 Å². The topological polar surface area (TPSA) is 124 Å². The third-order valence-corrected chi connectivity index (χ3v) is 8.56. The molecular formula is C34H36N4O6S. The van der Waals surface area contributed by atoms with Gasteiger partial charge in [-0.3, -0.25) is 9.59 Å². The molecule has 1 saturated heterocycles. The van der Waals surface area contributed by atoms with Gasteiger partial charge in [0.15, 0.2) is 5.75 Å². The van der Waals surface area contributed by atoms with E-state index >= 15 is 0 Å². The first kappa shape index (κ1) is 31.6. The normalized spacial score (nSPS) is 12.8. The SMILES string of the molecule is COc1ccc(-c2cccc(C(=O)N3CCC3)c2)cc1[S+]([O-])Nc1cccc(NCCNC(=O)c2c(OC)cccc2OC)c1. The minimum Gasteiger partial charge on any atom is -0.588 e. The van der Waals surface area contributed by atoms with E-state index in [1.54, 1.807) is 24.3 Å². The molecule has 1 aliphatic heterocycles. The number of nitrogens with one attached hydrogen (secondary N) is 3. The predicted octanol–water partition coefficient (Wildman–Crippen LogP) is 5.20. The average Bonchev–Trinajstić information content (AvgIpc) is 3.05. The lowest BCUT2D eigenvalue weighted by molar-refractivity contribution is 0.0651. The summed E-state index contributed by atoms with van der Waals surface area (Å²) in [7, 11) is 4.55. The predicted molar refractivity (Wildman–Crippen MR) is 176 cm³/mol. The summed E-state index contributed by atoms with van der Waals surface area (Å²) < 4.78 is 32.8. The van der Waals surface area contributed by atoms with Crippen molar-refractivity contribution < 1.29 is 28.4 Å². The Labute approximate surface area is 266 Å². The first-order chi connectivity index (χ1) is 21.9. The van der Waals surface area contributed by atoms with Gasteiger partial charge in [0.1, 0.15) is 28.4 Å². The summed E-state index contributed by atoms with van der Waals surface area (Å²) >= 11 is -1.65. The van der Waals surface area contributed by atoms with E-state index in [4.69, 9.17) is 14.2 Å². The number of ether oxygens (including phenoxy) is 3. The van der Waals surface area contributed by atoms with Crippen LogP contribution in [0, 0.1) is 0 Å². The molecule has 3 N–H and O–H groups in total. The molecule has 0 bridgehead atoms. The van der Waals surface area contributed by atoms with Gasteiger partial charge in [-0.25, -0.2) is 4.72 Å². The molecule has 4 aromatic carbocycles. The number of hydrogen-bond donors (Lipinski definition) is 3. The van der Waals surface area contributed by atoms with Crippen LogP contribution in [0.15, 0.2) is 89.8 Å². The van der Waals surface area contributed by atoms with Crippen molar-refractivity contribution in [3.8, 4) is 28.4 Å². The lowest BCUT2D eigenvalue weighted by atomic mass is 10.0. The molecule has 0 spiro atoms. The lowest BCUT2D eigenvalue weighted by Gasteiger charge is -2.31. The summed E-state index contributed by atoms with van der Waals surface area (Å²) in [5.41, 5.74) is 4.06. The van der Waals surface area contributed by atoms with E-state index in [1.807, 2.05) is 65.6 Å². The Morgan fingerprint density at radius 2 is 1.44 bits per heavy atom. The standard InChI is InChI=1S/C34H36N4O6S/c1-42-28-15-14-24(23-8-4-9-25(20-23)34(40)38-18-7-19-38)21-31(28)45(41)37-27-11-5-10-26(22-27)35-16-17-36-33(39)32-29(43-2)12-6-13-30(32)44-3/h4-6,8-15,20-22,35,37H,7,16-19H2,1-3H3,(H,36,39). The van der Waals surface area contributed by atoms with E-state index in [0.717, 1.165) is 36.3 Å². The number of hydrogen-bond acceptors (Lipinski definition) is 8. The van der Waals surface area contributed by atoms with Crippen LogP contribution in [-0.4, -0.2) is 68.8 Å². The van der Waals surface area contributed by atoms with Crippen molar-refractivity contribution in [2.24, 2.45) is 0 Å². The molecule has 234 valence electrons. The molecule has 0 radical (unpaired) electrons. The Morgan fingerprint density at radius 1 is 0.778 bits per heavy atom. The number of methoxy groups -OCH3 is 3. The van der Waals surface area contributed by atoms with Gasteiger partial charge in [-0.2, -0.15) is 0 Å². The Balaban J connectivity index is 1.22. The zero-order valence-electron chi connectivity index (χ0n) is 25.4. The monoisotopic (exact) mass is 628 g/mol. The molecule has 1 heterocycles. The fourth-order valence-corrected chi connectivity index (χ4v) is 5.95. The van der Waals surface area contributed by atoms with Gasteiger partial charge in [-0.05, 0) is 66.1 Å². The molecule has 45 heavy (non-hydrogen) atoms. The van der Waals surface area contributed by atoms with Gasteiger partial charge >= 0.3 is 0 Å². The van der Waals surface area contributed by atoms with E-state index in [1.165, 1.54) is 21.3 Å². The molecule has 2 amide bonds. The number of carbonyl (C=O) groups is 2. The molecule has 1 unspecified atom stereocenters. The van der Waals surface area contributed by atoms with Crippen LogP contribution in [0.2, 0.25) is 0 Å². The molecule has 4 aromatic rings. The molecule has 11 heteroatoms. The smallest absolute Gasteiger partial charge is 0.258 e. The van der Waals surface area contributed by atoms with Crippen LogP contribution in [0.4, 0.5) is 11.4 Å². The highest BCUT2D eigenvalue weighted by Crippen LogP contribution is 2.32. The van der Waals surface area contributed by atoms with Gasteiger partial charge in [0.25, 0.3) is 11.8 Å². The van der Waals surface area contributed by atoms with Crippen LogP contribution in [0.25, 0.3) is 11.1 Å². The molecule has 0 aliphatic carbocycles. The molecule has 5 rings (SSSR count). The minimum absolute atomic E-state index is 0.0228. The zero-order chi connectivity index (χ0) is 31.8. The van der Waals surface area contributed by atoms with Crippen molar-refractivity contribution in [2.75, 3.05) is 57.5 Å². The van der Waals surface area contributed by atoms with E-state index in [-0.39, 0.29) is 11.8 Å². The summed E-state index contributed by atoms with van der Waals surface area (Å²) in [5, 5.41) is 6.15. The van der Waals surface area contributed by atoms with Gasteiger partial charge < -0.3 is 34.3 Å². The Morgan fingerprint density at radius 3 is 2.13 bits per heavy atom. The van der Waals surface area contributed by atoms with Gasteiger partial charge in [0.2, 0.25) is 4.90 Å². The summed E-state index contributed by atoms with van der Waals surface area (Å²) in [4.78, 5) is 27.9. The fraction of sp³-hybridized carbons (Fsp3) is 0.235. The molecule has 1 aliphatic rings. The van der Waals surface area contributed by atoms with E-state index in [9.17, 15) is 14.1 Å². The number of benzene rings is 4. The van der Waals surface area contributed by atoms with Crippen molar-refractivity contribution in [3.63, 3.8) is 0 Å². The second kappa shape index (κ2) is 14.7. The van der Waals surface area contributed by atoms with Crippen LogP contribution >= 0.6 is 0 Å². The van der Waals surface area contributed by atoms with Gasteiger partial charge in [0.05, 0.1) is 27.0 Å². The highest BCUT2D eigenvalue weighted by Gasteiger charge is 2.23. The molecule has 1 atom stereocenters. The quantitative estimate of drug-likeness (QED) is 0.136. The third-order valence-electron chi connectivity index (χ3n) is 7.42. The maximum absolute atomic E-state index is 13.5. The maximum Gasteiger partial charge on any atom is 0.258 e. The number of rotatable bonds is 13. The number of likely N-dealkylation sites (tertiary alicyclic amines) is 1. The molecule has 0 aromatic heterocycles. The number of anilines is 2. The molecule has 0 saturated carbocycles. The van der Waals surface area contributed by atoms with Crippen molar-refractivity contribution in [1.29, 1.82) is 0 Å². The van der Waals surface area contributed by atoms with Gasteiger partial charge in [-0.15, -0.1) is 0 Å². The van der Waals surface area contributed by atoms with Crippen molar-refractivity contribution in [3.05, 3.63) is 96.1 Å². The Kier molecular flexibility index (Phi) is 10.3. The average molecular weight is 629 g/mol. The first-order valence-electron chi connectivity index (χ1n) is 14.5. The van der Waals surface area contributed by atoms with Gasteiger partial charge in [-0.1, -0.05) is 30.3 Å². The van der Waals surface area contributed by atoms with Crippen LogP contribution < -0.4 is 29.6 Å². The number of amides is 2. The van der Waals surface area contributed by atoms with E-state index < -0.39 is 11.4 Å². The van der Waals surface area contributed by atoms with E-state index in [2.05, 4.69) is 15.4 Å². The molecule has 10 nitrogen and oxygen atoms in total. The second-order valence-corrected chi connectivity index (χ2v) is 11.4. The zero-order valence-corrected chi connectivity index (χ0v) is 26.2. The van der Waals surface area contributed by atoms with Crippen LogP contribution in [0.3, 0.4) is 0 Å². The number of nitrogens with zero attached hydrogens (tertiary/aromatic N) is 1. The summed E-state index contributed by atoms with van der Waals surface area (Å²) in [5.74, 6) is 1.06. The Bertz CT molecular complexity index is 1640. The van der Waals surface area contributed by atoms with Gasteiger partial charge in [0, 0.05) is 43.5 Å². The third kappa shape index (κ3) is 7.44. The fourth-order valence-electron chi connectivity index (χ4n) is 4.94. The Hall–Kier alpha value is -4.87. The second-order valence-electron chi connectivity index (χ2n) is 10.3. The summed E-state index contributed by atoms with van der Waals surface area (Å²) in [6.45, 7) is 2.36.